The van der Waals surface area contributed by atoms with Crippen molar-refractivity contribution in [1.29, 1.82) is 0 Å². The van der Waals surface area contributed by atoms with Crippen LogP contribution in [0.3, 0.4) is 0 Å². The normalized spacial score (nSPS) is 12.3. The van der Waals surface area contributed by atoms with Gasteiger partial charge in [-0.1, -0.05) is 0 Å². The van der Waals surface area contributed by atoms with Crippen molar-refractivity contribution in [3.63, 3.8) is 0 Å². The number of carboxylic acid groups (broad SMARTS) is 1. The number of hydrogen-bond acceptors (Lipinski definition) is 2. The maximum absolute atomic E-state index is 9.88. The van der Waals surface area contributed by atoms with E-state index >= 15 is 0 Å². The van der Waals surface area contributed by atoms with E-state index in [4.69, 9.17) is 0 Å². The summed E-state index contributed by atoms with van der Waals surface area (Å²) in [6.45, 7) is 0.702. The third kappa shape index (κ3) is 7.17. The van der Waals surface area contributed by atoms with Crippen LogP contribution in [0.1, 0.15) is 0 Å². The Morgan fingerprint density at radius 1 is 1.50 bits per heavy atom. The molecule has 0 N–H and O–H groups in total. The van der Waals surface area contributed by atoms with E-state index in [9.17, 15) is 9.90 Å². The lowest BCUT2D eigenvalue weighted by molar-refractivity contribution is -0.864. The molecule has 0 fully saturated rings. The zero-order valence-corrected chi connectivity index (χ0v) is 6.63. The fourth-order valence-corrected chi connectivity index (χ4v) is 0.465. The lowest BCUT2D eigenvalue weighted by atomic mass is 10.4. The molecule has 58 valence electrons. The van der Waals surface area contributed by atoms with Crippen molar-refractivity contribution in [2.24, 2.45) is 0 Å². The smallest absolute Gasteiger partial charge is 0.0971 e. The standard InChI is InChI=1S/C7H13NO2/c1-8(2,3)6-4-5-7(9)10/h4-5H,6H2,1-3H3. The number of rotatable bonds is 3. The highest BCUT2D eigenvalue weighted by Crippen LogP contribution is 1.88. The second-order valence-electron chi connectivity index (χ2n) is 3.19. The van der Waals surface area contributed by atoms with Crippen molar-refractivity contribution < 1.29 is 14.4 Å². The van der Waals surface area contributed by atoms with Crippen molar-refractivity contribution in [2.75, 3.05) is 27.7 Å². The van der Waals surface area contributed by atoms with Crippen molar-refractivity contribution >= 4 is 5.97 Å². The second kappa shape index (κ2) is 3.37. The number of quaternary nitrogens is 1. The first kappa shape index (κ1) is 9.17. The monoisotopic (exact) mass is 143 g/mol. The van der Waals surface area contributed by atoms with Crippen LogP contribution in [-0.4, -0.2) is 38.1 Å². The van der Waals surface area contributed by atoms with E-state index in [1.807, 2.05) is 21.1 Å². The fraction of sp³-hybridized carbons (Fsp3) is 0.571. The van der Waals surface area contributed by atoms with Gasteiger partial charge in [0.25, 0.3) is 0 Å². The van der Waals surface area contributed by atoms with E-state index in [0.29, 0.717) is 6.54 Å². The Kier molecular flexibility index (Phi) is 3.09. The fourth-order valence-electron chi connectivity index (χ4n) is 0.465. The van der Waals surface area contributed by atoms with Crippen LogP contribution in [-0.2, 0) is 4.79 Å². The maximum Gasteiger partial charge on any atom is 0.0971 e. The zero-order chi connectivity index (χ0) is 8.20. The van der Waals surface area contributed by atoms with Crippen LogP contribution in [0.4, 0.5) is 0 Å². The molecule has 0 heterocycles. The molecule has 0 aliphatic rings. The molecule has 0 aromatic rings. The highest BCUT2D eigenvalue weighted by Gasteiger charge is 2.00. The van der Waals surface area contributed by atoms with Crippen molar-refractivity contribution in [1.82, 2.24) is 0 Å². The summed E-state index contributed by atoms with van der Waals surface area (Å²) < 4.78 is 0.726. The van der Waals surface area contributed by atoms with Gasteiger partial charge in [0.05, 0.1) is 33.7 Å². The van der Waals surface area contributed by atoms with Crippen LogP contribution >= 0.6 is 0 Å². The highest BCUT2D eigenvalue weighted by atomic mass is 16.4. The largest absolute Gasteiger partial charge is 0.545 e. The van der Waals surface area contributed by atoms with E-state index < -0.39 is 5.97 Å². The molecular weight excluding hydrogens is 130 g/mol. The summed E-state index contributed by atoms with van der Waals surface area (Å²) in [5.74, 6) is -1.13. The predicted octanol–water partition coefficient (Wildman–Crippen LogP) is -1.00. The number of carboxylic acids is 1. The molecule has 0 aromatic carbocycles. The van der Waals surface area contributed by atoms with Gasteiger partial charge in [0, 0.05) is 0 Å². The van der Waals surface area contributed by atoms with Crippen molar-refractivity contribution in [3.8, 4) is 0 Å². The molecule has 10 heavy (non-hydrogen) atoms. The number of carbonyl (C=O) groups excluding carboxylic acids is 1. The van der Waals surface area contributed by atoms with Gasteiger partial charge in [0.1, 0.15) is 0 Å². The van der Waals surface area contributed by atoms with Crippen LogP contribution in [0.15, 0.2) is 12.2 Å². The zero-order valence-electron chi connectivity index (χ0n) is 6.63. The van der Waals surface area contributed by atoms with Crippen LogP contribution in [0.2, 0.25) is 0 Å². The molecule has 0 saturated heterocycles. The van der Waals surface area contributed by atoms with E-state index in [1.54, 1.807) is 6.08 Å². The van der Waals surface area contributed by atoms with Gasteiger partial charge in [0.2, 0.25) is 0 Å². The van der Waals surface area contributed by atoms with Crippen LogP contribution in [0, 0.1) is 0 Å². The Hall–Kier alpha value is -0.830. The number of carbonyl (C=O) groups is 1. The van der Waals surface area contributed by atoms with Gasteiger partial charge in [-0.25, -0.2) is 0 Å². The van der Waals surface area contributed by atoms with Gasteiger partial charge < -0.3 is 14.4 Å². The summed E-state index contributed by atoms with van der Waals surface area (Å²) in [5.41, 5.74) is 0. The minimum absolute atomic E-state index is 0.702. The Bertz CT molecular complexity index is 144. The molecule has 0 spiro atoms. The summed E-state index contributed by atoms with van der Waals surface area (Å²) in [6.07, 6.45) is 2.65. The van der Waals surface area contributed by atoms with Crippen molar-refractivity contribution in [2.45, 2.75) is 0 Å². The Balaban J connectivity index is 3.64. The SMILES string of the molecule is C[N+](C)(C)CC=CC(=O)[O-]. The summed E-state index contributed by atoms with van der Waals surface area (Å²) >= 11 is 0. The summed E-state index contributed by atoms with van der Waals surface area (Å²) in [4.78, 5) is 9.88. The first-order chi connectivity index (χ1) is 4.42. The molecule has 0 unspecified atom stereocenters. The summed E-state index contributed by atoms with van der Waals surface area (Å²) in [7, 11) is 5.96. The lowest BCUT2D eigenvalue weighted by Crippen LogP contribution is -2.34. The van der Waals surface area contributed by atoms with Gasteiger partial charge in [0.15, 0.2) is 0 Å². The molecule has 0 bridgehead atoms. The molecule has 0 aromatic heterocycles. The summed E-state index contributed by atoms with van der Waals surface area (Å²) in [6, 6.07) is 0. The van der Waals surface area contributed by atoms with E-state index in [2.05, 4.69) is 0 Å². The molecule has 0 atom stereocenters. The molecule has 0 saturated carbocycles. The average molecular weight is 143 g/mol. The minimum atomic E-state index is -1.13. The van der Waals surface area contributed by atoms with Gasteiger partial charge in [-0.15, -0.1) is 0 Å². The third-order valence-corrected chi connectivity index (χ3v) is 0.907. The third-order valence-electron chi connectivity index (χ3n) is 0.907. The molecule has 0 aliphatic carbocycles. The number of nitrogens with zero attached hydrogens (tertiary/aromatic N) is 1. The first-order valence-corrected chi connectivity index (χ1v) is 3.10. The topological polar surface area (TPSA) is 40.1 Å². The van der Waals surface area contributed by atoms with E-state index in [1.165, 1.54) is 0 Å². The van der Waals surface area contributed by atoms with Crippen LogP contribution in [0.5, 0.6) is 0 Å². The number of aliphatic carboxylic acids is 1. The van der Waals surface area contributed by atoms with Crippen molar-refractivity contribution in [3.05, 3.63) is 12.2 Å². The van der Waals surface area contributed by atoms with Crippen LogP contribution < -0.4 is 5.11 Å². The van der Waals surface area contributed by atoms with Gasteiger partial charge in [-0.05, 0) is 12.2 Å². The second-order valence-corrected chi connectivity index (χ2v) is 3.19. The van der Waals surface area contributed by atoms with Gasteiger partial charge in [-0.3, -0.25) is 0 Å². The molecule has 0 amide bonds. The quantitative estimate of drug-likeness (QED) is 0.375. The molecule has 0 rings (SSSR count). The van der Waals surface area contributed by atoms with Gasteiger partial charge in [-0.2, -0.15) is 0 Å². The number of hydrogen-bond donors (Lipinski definition) is 0. The Morgan fingerprint density at radius 3 is 2.30 bits per heavy atom. The first-order valence-electron chi connectivity index (χ1n) is 3.10. The minimum Gasteiger partial charge on any atom is -0.545 e. The molecule has 3 heteroatoms. The summed E-state index contributed by atoms with van der Waals surface area (Å²) in [5, 5.41) is 9.88. The number of likely N-dealkylation sites (N-methyl/N-ethyl adjacent to an activating group) is 1. The predicted molar refractivity (Wildman–Crippen MR) is 37.0 cm³/mol. The lowest BCUT2D eigenvalue weighted by Gasteiger charge is -2.21. The van der Waals surface area contributed by atoms with Crippen LogP contribution in [0.25, 0.3) is 0 Å². The van der Waals surface area contributed by atoms with E-state index in [-0.39, 0.29) is 0 Å². The Morgan fingerprint density at radius 2 is 2.00 bits per heavy atom. The molecule has 3 nitrogen and oxygen atoms in total. The molecule has 0 aliphatic heterocycles. The highest BCUT2D eigenvalue weighted by molar-refractivity contribution is 5.77. The average Bonchev–Trinajstić information content (AvgIpc) is 1.59. The maximum atomic E-state index is 9.88. The van der Waals surface area contributed by atoms with Gasteiger partial charge >= 0.3 is 0 Å². The molecule has 0 radical (unpaired) electrons. The van der Waals surface area contributed by atoms with E-state index in [0.717, 1.165) is 10.6 Å². The Labute approximate surface area is 61.2 Å². The molecular formula is C7H13NO2.